The fraction of sp³-hybridized carbons (Fsp3) is 0.583. The van der Waals surface area contributed by atoms with Crippen LogP contribution < -0.4 is 0 Å². The number of carboxylic acids is 1. The van der Waals surface area contributed by atoms with Crippen LogP contribution in [0, 0.1) is 6.92 Å². The fourth-order valence-electron chi connectivity index (χ4n) is 2.13. The van der Waals surface area contributed by atoms with E-state index in [-0.39, 0.29) is 5.91 Å². The van der Waals surface area contributed by atoms with Crippen LogP contribution in [-0.2, 0) is 11.2 Å². The van der Waals surface area contributed by atoms with Crippen LogP contribution in [-0.4, -0.2) is 51.1 Å². The minimum atomic E-state index is -0.965. The van der Waals surface area contributed by atoms with Crippen LogP contribution in [0.4, 0.5) is 0 Å². The zero-order valence-electron chi connectivity index (χ0n) is 10.9. The second-order valence-corrected chi connectivity index (χ2v) is 5.49. The van der Waals surface area contributed by atoms with E-state index in [9.17, 15) is 14.7 Å². The van der Waals surface area contributed by atoms with Gasteiger partial charge < -0.3 is 14.5 Å². The van der Waals surface area contributed by atoms with E-state index in [1.807, 2.05) is 6.92 Å². The largest absolute Gasteiger partial charge is 0.480 e. The molecule has 1 unspecified atom stereocenters. The van der Waals surface area contributed by atoms with Gasteiger partial charge in [-0.15, -0.1) is 0 Å². The lowest BCUT2D eigenvalue weighted by molar-refractivity contribution is -0.141. The Morgan fingerprint density at radius 2 is 2.32 bits per heavy atom. The first kappa shape index (κ1) is 13.9. The molecular weight excluding hydrogens is 268 g/mol. The van der Waals surface area contributed by atoms with Crippen molar-refractivity contribution in [3.05, 3.63) is 17.0 Å². The van der Waals surface area contributed by atoms with Crippen LogP contribution in [0.1, 0.15) is 28.7 Å². The lowest BCUT2D eigenvalue weighted by Crippen LogP contribution is -2.50. The van der Waals surface area contributed by atoms with Crippen molar-refractivity contribution in [3.63, 3.8) is 0 Å². The van der Waals surface area contributed by atoms with Crippen molar-refractivity contribution in [3.8, 4) is 0 Å². The minimum absolute atomic E-state index is 0.289. The molecular formula is C12H16N2O4S. The third kappa shape index (κ3) is 2.60. The Kier molecular flexibility index (Phi) is 4.14. The molecule has 2 rings (SSSR count). The second-order valence-electron chi connectivity index (χ2n) is 4.34. The average Bonchev–Trinajstić information content (AvgIpc) is 2.79. The summed E-state index contributed by atoms with van der Waals surface area (Å²) in [7, 11) is 0. The van der Waals surface area contributed by atoms with Crippen LogP contribution in [0.25, 0.3) is 0 Å². The number of carbonyl (C=O) groups is 2. The van der Waals surface area contributed by atoms with Gasteiger partial charge in [0.25, 0.3) is 5.91 Å². The molecule has 0 radical (unpaired) electrons. The summed E-state index contributed by atoms with van der Waals surface area (Å²) < 4.78 is 5.04. The van der Waals surface area contributed by atoms with Gasteiger partial charge in [-0.1, -0.05) is 12.1 Å². The number of aryl methyl sites for hydroxylation is 2. The first-order valence-corrected chi connectivity index (χ1v) is 7.28. The van der Waals surface area contributed by atoms with Crippen molar-refractivity contribution in [1.29, 1.82) is 0 Å². The molecule has 19 heavy (non-hydrogen) atoms. The van der Waals surface area contributed by atoms with Gasteiger partial charge in [-0.2, -0.15) is 11.8 Å². The standard InChI is InChI=1S/C12H16N2O4S/c1-3-8-10(7(2)18-13-8)11(15)14-4-5-19-6-9(14)12(16)17/h9H,3-6H2,1-2H3,(H,16,17). The van der Waals surface area contributed by atoms with Gasteiger partial charge in [0.2, 0.25) is 0 Å². The van der Waals surface area contributed by atoms with Crippen molar-refractivity contribution in [1.82, 2.24) is 10.1 Å². The Morgan fingerprint density at radius 1 is 1.58 bits per heavy atom. The molecule has 1 aliphatic heterocycles. The smallest absolute Gasteiger partial charge is 0.327 e. The van der Waals surface area contributed by atoms with Crippen LogP contribution >= 0.6 is 11.8 Å². The Labute approximate surface area is 115 Å². The van der Waals surface area contributed by atoms with Crippen molar-refractivity contribution in [2.75, 3.05) is 18.1 Å². The monoisotopic (exact) mass is 284 g/mol. The number of carboxylic acid groups (broad SMARTS) is 1. The predicted molar refractivity (Wildman–Crippen MR) is 70.4 cm³/mol. The summed E-state index contributed by atoms with van der Waals surface area (Å²) in [6.07, 6.45) is 0.582. The average molecular weight is 284 g/mol. The molecule has 104 valence electrons. The van der Waals surface area contributed by atoms with E-state index in [0.717, 1.165) is 5.75 Å². The Morgan fingerprint density at radius 3 is 2.95 bits per heavy atom. The molecule has 0 spiro atoms. The Bertz CT molecular complexity index is 500. The van der Waals surface area contributed by atoms with E-state index in [1.54, 1.807) is 18.7 Å². The van der Waals surface area contributed by atoms with Crippen molar-refractivity contribution in [2.24, 2.45) is 0 Å². The molecule has 1 aromatic rings. The lowest BCUT2D eigenvalue weighted by Gasteiger charge is -2.32. The highest BCUT2D eigenvalue weighted by molar-refractivity contribution is 7.99. The molecule has 1 aromatic heterocycles. The maximum Gasteiger partial charge on any atom is 0.327 e. The quantitative estimate of drug-likeness (QED) is 0.897. The first-order chi connectivity index (χ1) is 9.06. The number of hydrogen-bond acceptors (Lipinski definition) is 5. The first-order valence-electron chi connectivity index (χ1n) is 6.13. The SMILES string of the molecule is CCc1noc(C)c1C(=O)N1CCSCC1C(=O)O. The third-order valence-corrected chi connectivity index (χ3v) is 4.18. The molecule has 7 heteroatoms. The molecule has 1 aliphatic rings. The number of aliphatic carboxylic acids is 1. The van der Waals surface area contributed by atoms with Crippen LogP contribution in [0.15, 0.2) is 4.52 Å². The van der Waals surface area contributed by atoms with Gasteiger partial charge in [-0.3, -0.25) is 4.79 Å². The molecule has 2 heterocycles. The summed E-state index contributed by atoms with van der Waals surface area (Å²) in [5.41, 5.74) is 1.01. The van der Waals surface area contributed by atoms with Gasteiger partial charge in [0.1, 0.15) is 17.4 Å². The van der Waals surface area contributed by atoms with Gasteiger partial charge in [0.15, 0.2) is 0 Å². The van der Waals surface area contributed by atoms with E-state index in [4.69, 9.17) is 4.52 Å². The van der Waals surface area contributed by atoms with Gasteiger partial charge >= 0.3 is 5.97 Å². The predicted octanol–water partition coefficient (Wildman–Crippen LogP) is 1.19. The van der Waals surface area contributed by atoms with Crippen LogP contribution in [0.5, 0.6) is 0 Å². The highest BCUT2D eigenvalue weighted by Crippen LogP contribution is 2.22. The van der Waals surface area contributed by atoms with Gasteiger partial charge in [-0.25, -0.2) is 4.79 Å². The van der Waals surface area contributed by atoms with Crippen molar-refractivity contribution in [2.45, 2.75) is 26.3 Å². The Hall–Kier alpha value is -1.50. The highest BCUT2D eigenvalue weighted by Gasteiger charge is 2.35. The zero-order valence-corrected chi connectivity index (χ0v) is 11.7. The van der Waals surface area contributed by atoms with E-state index in [1.165, 1.54) is 4.90 Å². The van der Waals surface area contributed by atoms with E-state index in [2.05, 4.69) is 5.16 Å². The number of thioether (sulfide) groups is 1. The molecule has 0 aliphatic carbocycles. The summed E-state index contributed by atoms with van der Waals surface area (Å²) in [6, 6.07) is -0.773. The summed E-state index contributed by atoms with van der Waals surface area (Å²) in [5.74, 6) is 0.369. The van der Waals surface area contributed by atoms with Crippen LogP contribution in [0.2, 0.25) is 0 Å². The fourth-order valence-corrected chi connectivity index (χ4v) is 3.17. The van der Waals surface area contributed by atoms with Gasteiger partial charge in [-0.05, 0) is 13.3 Å². The Balaban J connectivity index is 2.31. The summed E-state index contributed by atoms with van der Waals surface area (Å²) in [4.78, 5) is 25.2. The maximum absolute atomic E-state index is 12.5. The topological polar surface area (TPSA) is 83.6 Å². The van der Waals surface area contributed by atoms with Crippen LogP contribution in [0.3, 0.4) is 0 Å². The molecule has 1 atom stereocenters. The molecule has 6 nitrogen and oxygen atoms in total. The summed E-state index contributed by atoms with van der Waals surface area (Å²) in [6.45, 7) is 4.00. The number of nitrogens with zero attached hydrogens (tertiary/aromatic N) is 2. The molecule has 0 aromatic carbocycles. The van der Waals surface area contributed by atoms with E-state index in [0.29, 0.717) is 35.7 Å². The highest BCUT2D eigenvalue weighted by atomic mass is 32.2. The second kappa shape index (κ2) is 5.64. The molecule has 1 fully saturated rings. The molecule has 0 saturated carbocycles. The van der Waals surface area contributed by atoms with E-state index >= 15 is 0 Å². The minimum Gasteiger partial charge on any atom is -0.480 e. The number of amides is 1. The van der Waals surface area contributed by atoms with Gasteiger partial charge in [0, 0.05) is 18.1 Å². The number of hydrogen-bond donors (Lipinski definition) is 1. The van der Waals surface area contributed by atoms with E-state index < -0.39 is 12.0 Å². The molecule has 1 saturated heterocycles. The number of rotatable bonds is 3. The summed E-state index contributed by atoms with van der Waals surface area (Å²) >= 11 is 1.55. The normalized spacial score (nSPS) is 19.5. The van der Waals surface area contributed by atoms with Crippen molar-refractivity contribution < 1.29 is 19.2 Å². The molecule has 1 amide bonds. The molecule has 0 bridgehead atoms. The van der Waals surface area contributed by atoms with Crippen molar-refractivity contribution >= 4 is 23.6 Å². The van der Waals surface area contributed by atoms with Gasteiger partial charge in [0.05, 0.1) is 5.69 Å². The maximum atomic E-state index is 12.5. The lowest BCUT2D eigenvalue weighted by atomic mass is 10.1. The summed E-state index contributed by atoms with van der Waals surface area (Å²) in [5, 5.41) is 13.0. The third-order valence-electron chi connectivity index (χ3n) is 3.16. The number of carbonyl (C=O) groups excluding carboxylic acids is 1. The zero-order chi connectivity index (χ0) is 14.0. The molecule has 1 N–H and O–H groups in total. The number of aromatic nitrogens is 1.